The average Bonchev–Trinajstić information content (AvgIpc) is 3.48. The number of fused-ring (bicyclic) bond motifs is 1. The summed E-state index contributed by atoms with van der Waals surface area (Å²) in [5, 5.41) is 5.71. The highest BCUT2D eigenvalue weighted by Crippen LogP contribution is 2.19. The molecule has 5 aromatic rings. The molecule has 0 aliphatic heterocycles. The van der Waals surface area contributed by atoms with Crippen LogP contribution in [0.1, 0.15) is 11.5 Å². The molecule has 3 aromatic heterocycles. The molecule has 0 amide bonds. The van der Waals surface area contributed by atoms with Crippen molar-refractivity contribution in [3.05, 3.63) is 104 Å². The van der Waals surface area contributed by atoms with Crippen molar-refractivity contribution in [2.24, 2.45) is 0 Å². The maximum atomic E-state index is 13.2. The van der Waals surface area contributed by atoms with E-state index in [9.17, 15) is 14.0 Å². The lowest BCUT2D eigenvalue weighted by atomic mass is 10.1. The van der Waals surface area contributed by atoms with E-state index in [-0.39, 0.29) is 30.4 Å². The van der Waals surface area contributed by atoms with E-state index in [1.54, 1.807) is 23.6 Å². The standard InChI is InChI=1S/C23H17FN4O3S/c24-17-8-6-16(7-9-17)21-25-19(31-26-21)14-28-18-11-13-32-20(18)22(29)27(23(28)30)12-10-15-4-2-1-3-5-15/h1-9,11,13H,10,12,14H2. The molecule has 0 saturated heterocycles. The van der Waals surface area contributed by atoms with E-state index in [4.69, 9.17) is 4.52 Å². The Morgan fingerprint density at radius 1 is 0.969 bits per heavy atom. The SMILES string of the molecule is O=c1c2sccc2n(Cc2nc(-c3ccc(F)cc3)no2)c(=O)n1CCc1ccccc1. The fraction of sp³-hybridized carbons (Fsp3) is 0.130. The lowest BCUT2D eigenvalue weighted by molar-refractivity contribution is 0.369. The molecule has 7 nitrogen and oxygen atoms in total. The molecule has 0 radical (unpaired) electrons. The number of aromatic nitrogens is 4. The molecule has 0 aliphatic rings. The summed E-state index contributed by atoms with van der Waals surface area (Å²) in [6.07, 6.45) is 0.558. The van der Waals surface area contributed by atoms with Crippen molar-refractivity contribution < 1.29 is 8.91 Å². The molecule has 160 valence electrons. The first-order valence-electron chi connectivity index (χ1n) is 9.93. The second kappa shape index (κ2) is 8.35. The molecule has 0 bridgehead atoms. The third-order valence-corrected chi connectivity index (χ3v) is 6.06. The molecule has 0 saturated carbocycles. The highest BCUT2D eigenvalue weighted by Gasteiger charge is 2.17. The number of benzene rings is 2. The Kier molecular flexibility index (Phi) is 5.24. The summed E-state index contributed by atoms with van der Waals surface area (Å²) < 4.78 is 21.7. The van der Waals surface area contributed by atoms with E-state index in [0.717, 1.165) is 5.56 Å². The van der Waals surface area contributed by atoms with Crippen LogP contribution in [0.5, 0.6) is 0 Å². The number of halogens is 1. The van der Waals surface area contributed by atoms with Crippen LogP contribution in [-0.4, -0.2) is 19.3 Å². The molecule has 0 unspecified atom stereocenters. The Bertz CT molecular complexity index is 1500. The van der Waals surface area contributed by atoms with Gasteiger partial charge in [0.05, 0.1) is 5.52 Å². The van der Waals surface area contributed by atoms with Gasteiger partial charge in [0.15, 0.2) is 0 Å². The van der Waals surface area contributed by atoms with Crippen molar-refractivity contribution in [1.29, 1.82) is 0 Å². The molecule has 0 N–H and O–H groups in total. The van der Waals surface area contributed by atoms with Gasteiger partial charge >= 0.3 is 5.69 Å². The van der Waals surface area contributed by atoms with E-state index < -0.39 is 5.69 Å². The highest BCUT2D eigenvalue weighted by molar-refractivity contribution is 7.17. The molecule has 0 fully saturated rings. The van der Waals surface area contributed by atoms with Gasteiger partial charge in [-0.25, -0.2) is 9.18 Å². The lowest BCUT2D eigenvalue weighted by Crippen LogP contribution is -2.40. The first kappa shape index (κ1) is 20.1. The Labute approximate surface area is 185 Å². The predicted octanol–water partition coefficient (Wildman–Crippen LogP) is 3.70. The van der Waals surface area contributed by atoms with Gasteiger partial charge in [-0.15, -0.1) is 11.3 Å². The van der Waals surface area contributed by atoms with Crippen LogP contribution in [0.4, 0.5) is 4.39 Å². The Morgan fingerprint density at radius 2 is 1.75 bits per heavy atom. The summed E-state index contributed by atoms with van der Waals surface area (Å²) in [5.74, 6) is 0.154. The minimum atomic E-state index is -0.432. The molecule has 5 rings (SSSR count). The van der Waals surface area contributed by atoms with Gasteiger partial charge in [-0.05, 0) is 47.7 Å². The van der Waals surface area contributed by atoms with E-state index >= 15 is 0 Å². The van der Waals surface area contributed by atoms with Crippen molar-refractivity contribution in [2.75, 3.05) is 0 Å². The van der Waals surface area contributed by atoms with E-state index in [0.29, 0.717) is 28.0 Å². The van der Waals surface area contributed by atoms with E-state index in [1.165, 1.54) is 32.6 Å². The maximum Gasteiger partial charge on any atom is 0.332 e. The molecule has 2 aromatic carbocycles. The molecule has 0 aliphatic carbocycles. The second-order valence-corrected chi connectivity index (χ2v) is 8.13. The summed E-state index contributed by atoms with van der Waals surface area (Å²) in [5.41, 5.74) is 1.44. The molecular weight excluding hydrogens is 431 g/mol. The van der Waals surface area contributed by atoms with Crippen LogP contribution in [0.3, 0.4) is 0 Å². The summed E-state index contributed by atoms with van der Waals surface area (Å²) in [6, 6.07) is 17.2. The summed E-state index contributed by atoms with van der Waals surface area (Å²) in [6.45, 7) is 0.284. The van der Waals surface area contributed by atoms with Gasteiger partial charge in [0, 0.05) is 12.1 Å². The molecule has 3 heterocycles. The van der Waals surface area contributed by atoms with Crippen LogP contribution in [0.2, 0.25) is 0 Å². The summed E-state index contributed by atoms with van der Waals surface area (Å²) in [7, 11) is 0. The van der Waals surface area contributed by atoms with E-state index in [1.807, 2.05) is 30.3 Å². The lowest BCUT2D eigenvalue weighted by Gasteiger charge is -2.10. The number of rotatable bonds is 6. The number of nitrogens with zero attached hydrogens (tertiary/aromatic N) is 4. The normalized spacial score (nSPS) is 11.3. The zero-order valence-corrected chi connectivity index (χ0v) is 17.6. The van der Waals surface area contributed by atoms with Crippen molar-refractivity contribution in [3.8, 4) is 11.4 Å². The van der Waals surface area contributed by atoms with Crippen molar-refractivity contribution >= 4 is 21.6 Å². The third kappa shape index (κ3) is 3.78. The van der Waals surface area contributed by atoms with Crippen molar-refractivity contribution in [3.63, 3.8) is 0 Å². The highest BCUT2D eigenvalue weighted by atomic mass is 32.1. The molecule has 9 heteroatoms. The molecule has 0 spiro atoms. The third-order valence-electron chi connectivity index (χ3n) is 5.17. The largest absolute Gasteiger partial charge is 0.337 e. The Hall–Kier alpha value is -3.85. The van der Waals surface area contributed by atoms with Gasteiger partial charge in [0.25, 0.3) is 5.56 Å². The first-order valence-corrected chi connectivity index (χ1v) is 10.8. The minimum Gasteiger partial charge on any atom is -0.337 e. The summed E-state index contributed by atoms with van der Waals surface area (Å²) >= 11 is 1.29. The second-order valence-electron chi connectivity index (χ2n) is 7.21. The smallest absolute Gasteiger partial charge is 0.332 e. The Balaban J connectivity index is 1.50. The first-order chi connectivity index (χ1) is 15.6. The quantitative estimate of drug-likeness (QED) is 0.396. The predicted molar refractivity (Wildman–Crippen MR) is 119 cm³/mol. The summed E-state index contributed by atoms with van der Waals surface area (Å²) in [4.78, 5) is 30.5. The number of hydrogen-bond donors (Lipinski definition) is 0. The van der Waals surface area contributed by atoms with Gasteiger partial charge in [0.2, 0.25) is 11.7 Å². The number of thiophene rings is 1. The van der Waals surface area contributed by atoms with Crippen molar-refractivity contribution in [1.82, 2.24) is 19.3 Å². The fourth-order valence-electron chi connectivity index (χ4n) is 3.54. The van der Waals surface area contributed by atoms with Crippen LogP contribution < -0.4 is 11.2 Å². The topological polar surface area (TPSA) is 82.9 Å². The van der Waals surface area contributed by atoms with Gasteiger partial charge in [-0.3, -0.25) is 13.9 Å². The number of hydrogen-bond acceptors (Lipinski definition) is 6. The van der Waals surface area contributed by atoms with Crippen LogP contribution in [0.25, 0.3) is 21.6 Å². The minimum absolute atomic E-state index is 0.0197. The van der Waals surface area contributed by atoms with Gasteiger partial charge in [0.1, 0.15) is 17.1 Å². The number of aryl methyl sites for hydroxylation is 1. The van der Waals surface area contributed by atoms with Crippen LogP contribution in [0, 0.1) is 5.82 Å². The van der Waals surface area contributed by atoms with Crippen LogP contribution in [-0.2, 0) is 19.5 Å². The fourth-order valence-corrected chi connectivity index (χ4v) is 4.38. The Morgan fingerprint density at radius 3 is 2.53 bits per heavy atom. The van der Waals surface area contributed by atoms with Gasteiger partial charge in [-0.2, -0.15) is 4.98 Å². The molecule has 0 atom stereocenters. The van der Waals surface area contributed by atoms with Crippen LogP contribution >= 0.6 is 11.3 Å². The molecular formula is C23H17FN4O3S. The van der Waals surface area contributed by atoms with Crippen LogP contribution in [0.15, 0.2) is 80.2 Å². The average molecular weight is 448 g/mol. The molecule has 32 heavy (non-hydrogen) atoms. The van der Waals surface area contributed by atoms with E-state index in [2.05, 4.69) is 10.1 Å². The zero-order chi connectivity index (χ0) is 22.1. The van der Waals surface area contributed by atoms with Gasteiger partial charge in [-0.1, -0.05) is 35.5 Å². The zero-order valence-electron chi connectivity index (χ0n) is 16.8. The van der Waals surface area contributed by atoms with Gasteiger partial charge < -0.3 is 4.52 Å². The van der Waals surface area contributed by atoms with Crippen molar-refractivity contribution in [2.45, 2.75) is 19.5 Å². The maximum absolute atomic E-state index is 13.2. The monoisotopic (exact) mass is 448 g/mol.